The van der Waals surface area contributed by atoms with E-state index in [0.717, 1.165) is 25.3 Å². The summed E-state index contributed by atoms with van der Waals surface area (Å²) in [5.74, 6) is 0. The molecule has 0 rings (SSSR count). The second kappa shape index (κ2) is 17.0. The van der Waals surface area contributed by atoms with Crippen LogP contribution in [0.4, 0.5) is 0 Å². The zero-order valence-electron chi connectivity index (χ0n) is 16.6. The summed E-state index contributed by atoms with van der Waals surface area (Å²) in [5.41, 5.74) is 0. The molecule has 3 heteroatoms. The molecule has 0 saturated heterocycles. The van der Waals surface area contributed by atoms with Crippen LogP contribution in [0.5, 0.6) is 0 Å². The molecule has 0 fully saturated rings. The fourth-order valence-electron chi connectivity index (χ4n) is 2.98. The van der Waals surface area contributed by atoms with Crippen LogP contribution in [0.15, 0.2) is 0 Å². The van der Waals surface area contributed by atoms with Crippen molar-refractivity contribution in [3.8, 4) is 0 Å². The minimum absolute atomic E-state index is 0.902. The fourth-order valence-corrected chi connectivity index (χ4v) is 5.41. The molecule has 0 bridgehead atoms. The maximum Gasteiger partial charge on any atom is 0.337 e. The molecule has 0 aliphatic carbocycles. The van der Waals surface area contributed by atoms with E-state index in [0.29, 0.717) is 0 Å². The van der Waals surface area contributed by atoms with Crippen molar-refractivity contribution in [1.29, 1.82) is 0 Å². The number of rotatable bonds is 18. The molecule has 0 spiro atoms. The van der Waals surface area contributed by atoms with Gasteiger partial charge in [-0.05, 0) is 24.9 Å². The van der Waals surface area contributed by atoms with Crippen molar-refractivity contribution >= 4 is 8.56 Å². The lowest BCUT2D eigenvalue weighted by atomic mass is 10.1. The van der Waals surface area contributed by atoms with Crippen molar-refractivity contribution in [1.82, 2.24) is 0 Å². The second-order valence-corrected chi connectivity index (χ2v) is 10.7. The summed E-state index contributed by atoms with van der Waals surface area (Å²) in [5, 5.41) is 0. The van der Waals surface area contributed by atoms with Crippen LogP contribution in [0, 0.1) is 0 Å². The summed E-state index contributed by atoms with van der Waals surface area (Å²) in [6, 6.07) is 2.18. The third-order valence-electron chi connectivity index (χ3n) is 4.80. The van der Waals surface area contributed by atoms with E-state index in [1.807, 2.05) is 0 Å². The van der Waals surface area contributed by atoms with Crippen molar-refractivity contribution in [2.45, 2.75) is 117 Å². The Morgan fingerprint density at radius 3 is 1.26 bits per heavy atom. The van der Waals surface area contributed by atoms with Crippen LogP contribution in [0.2, 0.25) is 12.1 Å². The van der Waals surface area contributed by atoms with E-state index in [4.69, 9.17) is 8.85 Å². The summed E-state index contributed by atoms with van der Waals surface area (Å²) < 4.78 is 12.5. The van der Waals surface area contributed by atoms with Crippen molar-refractivity contribution in [3.05, 3.63) is 0 Å². The number of hydrogen-bond acceptors (Lipinski definition) is 2. The number of unbranched alkanes of at least 4 members (excludes halogenated alkanes) is 10. The zero-order chi connectivity index (χ0) is 17.2. The van der Waals surface area contributed by atoms with Crippen LogP contribution in [-0.4, -0.2) is 21.8 Å². The highest BCUT2D eigenvalue weighted by molar-refractivity contribution is 6.67. The van der Waals surface area contributed by atoms with Crippen LogP contribution in [0.3, 0.4) is 0 Å². The summed E-state index contributed by atoms with van der Waals surface area (Å²) in [6.45, 7) is 10.8. The van der Waals surface area contributed by atoms with E-state index in [1.54, 1.807) is 0 Å². The first-order valence-electron chi connectivity index (χ1n) is 10.5. The van der Waals surface area contributed by atoms with E-state index >= 15 is 0 Å². The van der Waals surface area contributed by atoms with Gasteiger partial charge in [0.15, 0.2) is 0 Å². The fraction of sp³-hybridized carbons (Fsp3) is 1.00. The SMILES string of the molecule is CCCCCCCCCCCO[Si](CC)(CC)OCCCCC. The maximum atomic E-state index is 6.28. The molecule has 0 aliphatic heterocycles. The van der Waals surface area contributed by atoms with Gasteiger partial charge >= 0.3 is 8.56 Å². The molecule has 0 heterocycles. The standard InChI is InChI=1S/C20H44O2Si/c1-5-9-11-12-13-14-15-16-18-20-22-23(7-3,8-4)21-19-17-10-6-2/h5-20H2,1-4H3. The van der Waals surface area contributed by atoms with Crippen molar-refractivity contribution in [3.63, 3.8) is 0 Å². The Kier molecular flexibility index (Phi) is 17.1. The topological polar surface area (TPSA) is 18.5 Å². The monoisotopic (exact) mass is 344 g/mol. The average Bonchev–Trinajstić information content (AvgIpc) is 2.58. The van der Waals surface area contributed by atoms with Crippen LogP contribution in [0.25, 0.3) is 0 Å². The summed E-state index contributed by atoms with van der Waals surface area (Å²) in [6.07, 6.45) is 16.1. The molecule has 0 radical (unpaired) electrons. The molecule has 0 saturated carbocycles. The molecule has 2 nitrogen and oxygen atoms in total. The molecule has 0 aromatic heterocycles. The zero-order valence-corrected chi connectivity index (χ0v) is 17.6. The predicted molar refractivity (Wildman–Crippen MR) is 105 cm³/mol. The van der Waals surface area contributed by atoms with Gasteiger partial charge in [-0.2, -0.15) is 0 Å². The second-order valence-electron chi connectivity index (χ2n) is 6.85. The summed E-state index contributed by atoms with van der Waals surface area (Å²) in [7, 11) is -1.88. The maximum absolute atomic E-state index is 6.28. The molecule has 0 atom stereocenters. The van der Waals surface area contributed by atoms with Crippen molar-refractivity contribution in [2.75, 3.05) is 13.2 Å². The molecule has 0 aromatic rings. The van der Waals surface area contributed by atoms with Gasteiger partial charge in [-0.25, -0.2) is 0 Å². The van der Waals surface area contributed by atoms with Gasteiger partial charge in [0.2, 0.25) is 0 Å². The van der Waals surface area contributed by atoms with Gasteiger partial charge in [-0.15, -0.1) is 0 Å². The van der Waals surface area contributed by atoms with E-state index in [1.165, 1.54) is 77.0 Å². The van der Waals surface area contributed by atoms with E-state index in [-0.39, 0.29) is 0 Å². The average molecular weight is 345 g/mol. The highest BCUT2D eigenvalue weighted by atomic mass is 28.4. The lowest BCUT2D eigenvalue weighted by Gasteiger charge is -2.29. The molecule has 140 valence electrons. The highest BCUT2D eigenvalue weighted by Gasteiger charge is 2.33. The molecule has 0 unspecified atom stereocenters. The lowest BCUT2D eigenvalue weighted by Crippen LogP contribution is -2.41. The largest absolute Gasteiger partial charge is 0.394 e. The Morgan fingerprint density at radius 2 is 0.826 bits per heavy atom. The van der Waals surface area contributed by atoms with Gasteiger partial charge in [0.25, 0.3) is 0 Å². The minimum Gasteiger partial charge on any atom is -0.394 e. The predicted octanol–water partition coefficient (Wildman–Crippen LogP) is 7.22. The Hall–Kier alpha value is 0.137. The van der Waals surface area contributed by atoms with E-state index in [2.05, 4.69) is 27.7 Å². The van der Waals surface area contributed by atoms with Gasteiger partial charge in [0.05, 0.1) is 0 Å². The third-order valence-corrected chi connectivity index (χ3v) is 8.42. The van der Waals surface area contributed by atoms with Gasteiger partial charge in [-0.1, -0.05) is 91.9 Å². The number of hydrogen-bond donors (Lipinski definition) is 0. The Balaban J connectivity index is 3.63. The molecular formula is C20H44O2Si. The molecule has 0 aromatic carbocycles. The summed E-state index contributed by atoms with van der Waals surface area (Å²) >= 11 is 0. The van der Waals surface area contributed by atoms with Crippen molar-refractivity contribution < 1.29 is 8.85 Å². The van der Waals surface area contributed by atoms with Crippen molar-refractivity contribution in [2.24, 2.45) is 0 Å². The smallest absolute Gasteiger partial charge is 0.337 e. The molecular weight excluding hydrogens is 300 g/mol. The van der Waals surface area contributed by atoms with Gasteiger partial charge in [0.1, 0.15) is 0 Å². The third kappa shape index (κ3) is 13.1. The Morgan fingerprint density at radius 1 is 0.478 bits per heavy atom. The Labute approximate surface area is 148 Å². The first-order chi connectivity index (χ1) is 11.2. The van der Waals surface area contributed by atoms with Gasteiger partial charge < -0.3 is 8.85 Å². The first-order valence-corrected chi connectivity index (χ1v) is 12.8. The van der Waals surface area contributed by atoms with Crippen LogP contribution in [0.1, 0.15) is 105 Å². The lowest BCUT2D eigenvalue weighted by molar-refractivity contribution is 0.163. The molecule has 0 amide bonds. The van der Waals surface area contributed by atoms with Gasteiger partial charge in [0, 0.05) is 13.2 Å². The highest BCUT2D eigenvalue weighted by Crippen LogP contribution is 2.20. The quantitative estimate of drug-likeness (QED) is 0.193. The minimum atomic E-state index is -1.88. The van der Waals surface area contributed by atoms with E-state index in [9.17, 15) is 0 Å². The van der Waals surface area contributed by atoms with Crippen LogP contribution < -0.4 is 0 Å². The molecule has 0 aliphatic rings. The normalized spacial score (nSPS) is 12.0. The molecule has 0 N–H and O–H groups in total. The van der Waals surface area contributed by atoms with Crippen LogP contribution in [-0.2, 0) is 8.85 Å². The molecule has 23 heavy (non-hydrogen) atoms. The Bertz CT molecular complexity index is 230. The van der Waals surface area contributed by atoms with E-state index < -0.39 is 8.56 Å². The van der Waals surface area contributed by atoms with Crippen LogP contribution >= 0.6 is 0 Å². The summed E-state index contributed by atoms with van der Waals surface area (Å²) in [4.78, 5) is 0. The van der Waals surface area contributed by atoms with Gasteiger partial charge in [-0.3, -0.25) is 0 Å². The first kappa shape index (κ1) is 23.1.